The monoisotopic (exact) mass is 341 g/mol. The van der Waals surface area contributed by atoms with E-state index < -0.39 is 6.10 Å². The lowest BCUT2D eigenvalue weighted by Gasteiger charge is -2.15. The minimum atomic E-state index is -0.536. The van der Waals surface area contributed by atoms with Crippen LogP contribution < -0.4 is 0 Å². The summed E-state index contributed by atoms with van der Waals surface area (Å²) in [5, 5.41) is 11.7. The topological polar surface area (TPSA) is 33.1 Å². The van der Waals surface area contributed by atoms with Gasteiger partial charge in [0.1, 0.15) is 0 Å². The molecule has 1 atom stereocenters. The van der Waals surface area contributed by atoms with Crippen LogP contribution in [-0.4, -0.2) is 10.1 Å². The van der Waals surface area contributed by atoms with Gasteiger partial charge in [-0.25, -0.2) is 0 Å². The van der Waals surface area contributed by atoms with Gasteiger partial charge in [0.25, 0.3) is 0 Å². The Morgan fingerprint density at radius 3 is 2.76 bits per heavy atom. The highest BCUT2D eigenvalue weighted by molar-refractivity contribution is 9.10. The number of pyridine rings is 1. The lowest BCUT2D eigenvalue weighted by atomic mass is 9.98. The minimum absolute atomic E-state index is 0.536. The van der Waals surface area contributed by atoms with Crippen LogP contribution in [0.3, 0.4) is 0 Å². The van der Waals surface area contributed by atoms with Gasteiger partial charge in [-0.15, -0.1) is 0 Å². The summed E-state index contributed by atoms with van der Waals surface area (Å²) < 4.78 is 0.952. The average Bonchev–Trinajstić information content (AvgIpc) is 2.47. The summed E-state index contributed by atoms with van der Waals surface area (Å²) in [7, 11) is 0. The summed E-state index contributed by atoms with van der Waals surface area (Å²) in [6.07, 6.45) is 1.84. The second-order valence-corrected chi connectivity index (χ2v) is 6.09. The van der Waals surface area contributed by atoms with Crippen LogP contribution in [0, 0.1) is 6.92 Å². The molecule has 0 aliphatic heterocycles. The number of aliphatic hydroxyl groups excluding tert-OH is 1. The van der Waals surface area contributed by atoms with E-state index in [1.54, 1.807) is 6.20 Å². The van der Waals surface area contributed by atoms with Crippen LogP contribution in [0.5, 0.6) is 0 Å². The Labute approximate surface area is 132 Å². The largest absolute Gasteiger partial charge is 0.388 e. The first-order valence-corrected chi connectivity index (χ1v) is 7.71. The molecule has 1 N–H and O–H groups in total. The number of rotatable bonds is 3. The van der Waals surface area contributed by atoms with Gasteiger partial charge >= 0.3 is 0 Å². The fourth-order valence-corrected chi connectivity index (χ4v) is 3.31. The molecule has 1 aromatic heterocycles. The number of benzene rings is 2. The van der Waals surface area contributed by atoms with Crippen molar-refractivity contribution in [1.82, 2.24) is 4.98 Å². The molecule has 3 rings (SSSR count). The Hall–Kier alpha value is -1.71. The maximum absolute atomic E-state index is 10.6. The van der Waals surface area contributed by atoms with E-state index in [1.807, 2.05) is 49.4 Å². The van der Waals surface area contributed by atoms with Crippen molar-refractivity contribution in [3.63, 3.8) is 0 Å². The number of nitrogens with zero attached hydrogens (tertiary/aromatic N) is 1. The standard InChI is InChI=1S/C18H16BrNO/c1-12-6-7-15(16(19)10-12)18(21)11-13-8-9-20-17-5-3-2-4-14(13)17/h2-10,18,21H,11H2,1H3. The van der Waals surface area contributed by atoms with Crippen molar-refractivity contribution in [2.45, 2.75) is 19.4 Å². The molecule has 3 aromatic rings. The molecule has 0 spiro atoms. The first-order chi connectivity index (χ1) is 10.1. The molecule has 0 aliphatic rings. The van der Waals surface area contributed by atoms with Crippen molar-refractivity contribution in [2.75, 3.05) is 0 Å². The van der Waals surface area contributed by atoms with Crippen LogP contribution in [0.2, 0.25) is 0 Å². The SMILES string of the molecule is Cc1ccc(C(O)Cc2ccnc3ccccc23)c(Br)c1. The molecule has 0 radical (unpaired) electrons. The highest BCUT2D eigenvalue weighted by Crippen LogP contribution is 2.28. The Morgan fingerprint density at radius 1 is 1.14 bits per heavy atom. The fourth-order valence-electron chi connectivity index (χ4n) is 2.55. The number of para-hydroxylation sites is 1. The average molecular weight is 342 g/mol. The molecular weight excluding hydrogens is 326 g/mol. The second-order valence-electron chi connectivity index (χ2n) is 5.23. The van der Waals surface area contributed by atoms with E-state index in [0.29, 0.717) is 6.42 Å². The predicted octanol–water partition coefficient (Wildman–Crippen LogP) is 4.58. The van der Waals surface area contributed by atoms with E-state index >= 15 is 0 Å². The van der Waals surface area contributed by atoms with E-state index in [1.165, 1.54) is 5.56 Å². The number of aromatic nitrogens is 1. The summed E-state index contributed by atoms with van der Waals surface area (Å²) in [6, 6.07) is 16.0. The van der Waals surface area contributed by atoms with Gasteiger partial charge in [0, 0.05) is 22.5 Å². The molecule has 3 heteroatoms. The lowest BCUT2D eigenvalue weighted by Crippen LogP contribution is -2.03. The number of aliphatic hydroxyl groups is 1. The predicted molar refractivity (Wildman–Crippen MR) is 89.3 cm³/mol. The van der Waals surface area contributed by atoms with Gasteiger partial charge in [0.2, 0.25) is 0 Å². The van der Waals surface area contributed by atoms with Crippen LogP contribution in [0.1, 0.15) is 22.8 Å². The molecule has 1 unspecified atom stereocenters. The smallest absolute Gasteiger partial charge is 0.0841 e. The maximum atomic E-state index is 10.6. The van der Waals surface area contributed by atoms with Crippen LogP contribution in [0.15, 0.2) is 59.2 Å². The maximum Gasteiger partial charge on any atom is 0.0841 e. The molecule has 0 bridgehead atoms. The molecule has 0 saturated heterocycles. The van der Waals surface area contributed by atoms with Gasteiger partial charge in [-0.05, 0) is 41.8 Å². The van der Waals surface area contributed by atoms with Gasteiger partial charge in [-0.3, -0.25) is 4.98 Å². The fraction of sp³-hybridized carbons (Fsp3) is 0.167. The molecule has 0 fully saturated rings. The van der Waals surface area contributed by atoms with Gasteiger partial charge < -0.3 is 5.11 Å². The highest BCUT2D eigenvalue weighted by atomic mass is 79.9. The Balaban J connectivity index is 1.94. The highest BCUT2D eigenvalue weighted by Gasteiger charge is 2.13. The van der Waals surface area contributed by atoms with Crippen molar-refractivity contribution in [2.24, 2.45) is 0 Å². The third kappa shape index (κ3) is 2.99. The molecular formula is C18H16BrNO. The zero-order valence-electron chi connectivity index (χ0n) is 11.8. The molecule has 0 aliphatic carbocycles. The molecule has 2 aromatic carbocycles. The normalized spacial score (nSPS) is 12.5. The van der Waals surface area contributed by atoms with Crippen LogP contribution in [0.25, 0.3) is 10.9 Å². The molecule has 106 valence electrons. The first kappa shape index (κ1) is 14.2. The van der Waals surface area contributed by atoms with E-state index in [0.717, 1.165) is 26.5 Å². The molecule has 21 heavy (non-hydrogen) atoms. The van der Waals surface area contributed by atoms with Gasteiger partial charge in [-0.1, -0.05) is 46.3 Å². The third-order valence-corrected chi connectivity index (χ3v) is 4.35. The Kier molecular flexibility index (Phi) is 4.04. The number of fused-ring (bicyclic) bond motifs is 1. The number of halogens is 1. The molecule has 2 nitrogen and oxygen atoms in total. The van der Waals surface area contributed by atoms with Crippen molar-refractivity contribution in [3.05, 3.63) is 75.9 Å². The van der Waals surface area contributed by atoms with E-state index in [4.69, 9.17) is 0 Å². The second kappa shape index (κ2) is 5.96. The number of hydrogen-bond acceptors (Lipinski definition) is 2. The van der Waals surface area contributed by atoms with Crippen LogP contribution in [-0.2, 0) is 6.42 Å². The summed E-state index contributed by atoms with van der Waals surface area (Å²) >= 11 is 3.54. The van der Waals surface area contributed by atoms with Gasteiger partial charge in [-0.2, -0.15) is 0 Å². The van der Waals surface area contributed by atoms with E-state index in [2.05, 4.69) is 27.0 Å². The lowest BCUT2D eigenvalue weighted by molar-refractivity contribution is 0.178. The zero-order valence-corrected chi connectivity index (χ0v) is 13.3. The number of hydrogen-bond donors (Lipinski definition) is 1. The van der Waals surface area contributed by atoms with Crippen LogP contribution in [0.4, 0.5) is 0 Å². The molecule has 0 amide bonds. The van der Waals surface area contributed by atoms with Gasteiger partial charge in [0.15, 0.2) is 0 Å². The molecule has 0 saturated carbocycles. The minimum Gasteiger partial charge on any atom is -0.388 e. The van der Waals surface area contributed by atoms with Crippen molar-refractivity contribution >= 4 is 26.8 Å². The van der Waals surface area contributed by atoms with Crippen LogP contribution >= 0.6 is 15.9 Å². The summed E-state index contributed by atoms with van der Waals surface area (Å²) in [5.74, 6) is 0. The summed E-state index contributed by atoms with van der Waals surface area (Å²) in [6.45, 7) is 2.04. The zero-order chi connectivity index (χ0) is 14.8. The molecule has 1 heterocycles. The Morgan fingerprint density at radius 2 is 1.95 bits per heavy atom. The quantitative estimate of drug-likeness (QED) is 0.756. The van der Waals surface area contributed by atoms with E-state index in [-0.39, 0.29) is 0 Å². The van der Waals surface area contributed by atoms with Crippen molar-refractivity contribution < 1.29 is 5.11 Å². The van der Waals surface area contributed by atoms with Crippen molar-refractivity contribution in [3.8, 4) is 0 Å². The third-order valence-electron chi connectivity index (χ3n) is 3.67. The number of aryl methyl sites for hydroxylation is 1. The van der Waals surface area contributed by atoms with Crippen molar-refractivity contribution in [1.29, 1.82) is 0 Å². The Bertz CT molecular complexity index is 780. The van der Waals surface area contributed by atoms with E-state index in [9.17, 15) is 5.11 Å². The summed E-state index contributed by atoms with van der Waals surface area (Å²) in [4.78, 5) is 4.36. The first-order valence-electron chi connectivity index (χ1n) is 6.92. The van der Waals surface area contributed by atoms with Gasteiger partial charge in [0.05, 0.1) is 11.6 Å². The summed E-state index contributed by atoms with van der Waals surface area (Å²) in [5.41, 5.74) is 4.17.